The Morgan fingerprint density at radius 3 is 2.42 bits per heavy atom. The molecule has 6 heteroatoms. The highest BCUT2D eigenvalue weighted by molar-refractivity contribution is 5.92. The number of nitrogens with one attached hydrogen (secondary N) is 1. The molecule has 0 bridgehead atoms. The lowest BCUT2D eigenvalue weighted by molar-refractivity contribution is 0.0945. The van der Waals surface area contributed by atoms with Gasteiger partial charge in [-0.3, -0.25) is 4.79 Å². The summed E-state index contributed by atoms with van der Waals surface area (Å²) in [5.41, 5.74) is 2.17. The summed E-state index contributed by atoms with van der Waals surface area (Å²) >= 11 is 0. The monoisotopic (exact) mass is 328 g/mol. The molecule has 0 unspecified atom stereocenters. The van der Waals surface area contributed by atoms with Crippen molar-refractivity contribution in [3.05, 3.63) is 47.3 Å². The molecule has 6 nitrogen and oxygen atoms in total. The average molecular weight is 328 g/mol. The highest BCUT2D eigenvalue weighted by Crippen LogP contribution is 2.12. The first-order valence-corrected chi connectivity index (χ1v) is 8.09. The number of anilines is 1. The Labute approximate surface area is 142 Å². The fourth-order valence-corrected chi connectivity index (χ4v) is 2.33. The number of aryl methyl sites for hydroxylation is 1. The minimum absolute atomic E-state index is 0.204. The lowest BCUT2D eigenvalue weighted by Gasteiger charge is -2.19. The second-order valence-corrected chi connectivity index (χ2v) is 5.40. The van der Waals surface area contributed by atoms with Gasteiger partial charge in [-0.1, -0.05) is 12.1 Å². The number of rotatable bonds is 7. The van der Waals surface area contributed by atoms with Crippen LogP contribution in [0.5, 0.6) is 5.75 Å². The molecule has 0 aliphatic rings. The van der Waals surface area contributed by atoms with Gasteiger partial charge in [0, 0.05) is 25.3 Å². The Balaban J connectivity index is 2.08. The van der Waals surface area contributed by atoms with Crippen LogP contribution in [0, 0.1) is 6.92 Å². The molecule has 0 aliphatic carbocycles. The number of aromatic nitrogens is 2. The third-order valence-corrected chi connectivity index (χ3v) is 3.73. The lowest BCUT2D eigenvalue weighted by Crippen LogP contribution is -2.28. The van der Waals surface area contributed by atoms with Gasteiger partial charge < -0.3 is 15.0 Å². The maximum absolute atomic E-state index is 12.4. The zero-order valence-corrected chi connectivity index (χ0v) is 14.7. The van der Waals surface area contributed by atoms with Crippen LogP contribution in [-0.2, 0) is 6.54 Å². The molecule has 1 N–H and O–H groups in total. The van der Waals surface area contributed by atoms with Gasteiger partial charge in [0.05, 0.1) is 7.11 Å². The predicted octanol–water partition coefficient (Wildman–Crippen LogP) is 2.57. The Morgan fingerprint density at radius 1 is 1.17 bits per heavy atom. The van der Waals surface area contributed by atoms with Gasteiger partial charge in [0.1, 0.15) is 11.4 Å². The van der Waals surface area contributed by atoms with Gasteiger partial charge in [-0.15, -0.1) is 0 Å². The minimum Gasteiger partial charge on any atom is -0.497 e. The Bertz CT molecular complexity index is 682. The van der Waals surface area contributed by atoms with E-state index in [0.29, 0.717) is 18.2 Å². The van der Waals surface area contributed by atoms with E-state index in [1.807, 2.05) is 49.9 Å². The maximum Gasteiger partial charge on any atom is 0.270 e. The van der Waals surface area contributed by atoms with Crippen molar-refractivity contribution in [3.8, 4) is 5.75 Å². The standard InChI is InChI=1S/C18H24N4O2/c1-5-22(6-2)18-20-13(3)11-16(21-18)17(23)19-12-14-7-9-15(24-4)10-8-14/h7-11H,5-6,12H2,1-4H3,(H,19,23). The maximum atomic E-state index is 12.4. The highest BCUT2D eigenvalue weighted by Gasteiger charge is 2.13. The number of ether oxygens (including phenoxy) is 1. The lowest BCUT2D eigenvalue weighted by atomic mass is 10.2. The number of benzene rings is 1. The van der Waals surface area contributed by atoms with Crippen LogP contribution in [0.1, 0.15) is 35.6 Å². The molecule has 2 rings (SSSR count). The van der Waals surface area contributed by atoms with Crippen molar-refractivity contribution < 1.29 is 9.53 Å². The van der Waals surface area contributed by atoms with Gasteiger partial charge in [0.2, 0.25) is 5.95 Å². The van der Waals surface area contributed by atoms with E-state index in [1.165, 1.54) is 0 Å². The number of hydrogen-bond acceptors (Lipinski definition) is 5. The summed E-state index contributed by atoms with van der Waals surface area (Å²) in [4.78, 5) is 23.2. The summed E-state index contributed by atoms with van der Waals surface area (Å²) in [6.45, 7) is 7.98. The van der Waals surface area contributed by atoms with Crippen molar-refractivity contribution in [1.82, 2.24) is 15.3 Å². The minimum atomic E-state index is -0.204. The highest BCUT2D eigenvalue weighted by atomic mass is 16.5. The topological polar surface area (TPSA) is 67.4 Å². The summed E-state index contributed by atoms with van der Waals surface area (Å²) in [5.74, 6) is 1.18. The molecule has 0 aliphatic heterocycles. The summed E-state index contributed by atoms with van der Waals surface area (Å²) in [6, 6.07) is 9.29. The van der Waals surface area contributed by atoms with Gasteiger partial charge in [0.15, 0.2) is 0 Å². The summed E-state index contributed by atoms with van der Waals surface area (Å²) in [6.07, 6.45) is 0. The van der Waals surface area contributed by atoms with E-state index < -0.39 is 0 Å². The van der Waals surface area contributed by atoms with Crippen LogP contribution >= 0.6 is 0 Å². The van der Waals surface area contributed by atoms with Gasteiger partial charge in [0.25, 0.3) is 5.91 Å². The first-order valence-electron chi connectivity index (χ1n) is 8.09. The average Bonchev–Trinajstić information content (AvgIpc) is 2.60. The number of amides is 1. The molecule has 1 amide bonds. The van der Waals surface area contributed by atoms with Crippen LogP contribution in [0.4, 0.5) is 5.95 Å². The van der Waals surface area contributed by atoms with Gasteiger partial charge >= 0.3 is 0 Å². The third kappa shape index (κ3) is 4.44. The molecule has 0 saturated carbocycles. The Hall–Kier alpha value is -2.63. The molecule has 128 valence electrons. The summed E-state index contributed by atoms with van der Waals surface area (Å²) in [5, 5.41) is 2.89. The van der Waals surface area contributed by atoms with E-state index in [1.54, 1.807) is 13.2 Å². The molecule has 1 aromatic heterocycles. The van der Waals surface area contributed by atoms with Gasteiger partial charge in [-0.05, 0) is 44.5 Å². The van der Waals surface area contributed by atoms with Crippen LogP contribution in [0.25, 0.3) is 0 Å². The summed E-state index contributed by atoms with van der Waals surface area (Å²) in [7, 11) is 1.63. The molecule has 0 radical (unpaired) electrons. The van der Waals surface area contributed by atoms with E-state index in [4.69, 9.17) is 4.74 Å². The second-order valence-electron chi connectivity index (χ2n) is 5.40. The van der Waals surface area contributed by atoms with Crippen molar-refractivity contribution in [3.63, 3.8) is 0 Å². The molecule has 24 heavy (non-hydrogen) atoms. The predicted molar refractivity (Wildman–Crippen MR) is 94.5 cm³/mol. The van der Waals surface area contributed by atoms with E-state index in [-0.39, 0.29) is 5.91 Å². The van der Waals surface area contributed by atoms with Crippen molar-refractivity contribution in [2.75, 3.05) is 25.1 Å². The fourth-order valence-electron chi connectivity index (χ4n) is 2.33. The van der Waals surface area contributed by atoms with Crippen LogP contribution < -0.4 is 15.0 Å². The molecule has 0 fully saturated rings. The van der Waals surface area contributed by atoms with Crippen LogP contribution in [0.2, 0.25) is 0 Å². The van der Waals surface area contributed by atoms with E-state index >= 15 is 0 Å². The van der Waals surface area contributed by atoms with Crippen LogP contribution in [0.3, 0.4) is 0 Å². The normalized spacial score (nSPS) is 10.3. The first kappa shape index (κ1) is 17.7. The molecule has 0 saturated heterocycles. The molecular formula is C18H24N4O2. The molecule has 0 atom stereocenters. The number of hydrogen-bond donors (Lipinski definition) is 1. The number of carbonyl (C=O) groups excluding carboxylic acids is 1. The van der Waals surface area contributed by atoms with Crippen LogP contribution in [0.15, 0.2) is 30.3 Å². The zero-order chi connectivity index (χ0) is 17.5. The third-order valence-electron chi connectivity index (χ3n) is 3.73. The number of carbonyl (C=O) groups is 1. The largest absolute Gasteiger partial charge is 0.497 e. The zero-order valence-electron chi connectivity index (χ0n) is 14.7. The van der Waals surface area contributed by atoms with E-state index in [0.717, 1.165) is 30.1 Å². The quantitative estimate of drug-likeness (QED) is 0.846. The van der Waals surface area contributed by atoms with E-state index in [9.17, 15) is 4.79 Å². The molecule has 1 heterocycles. The molecule has 1 aromatic carbocycles. The molecular weight excluding hydrogens is 304 g/mol. The SMILES string of the molecule is CCN(CC)c1nc(C)cc(C(=O)NCc2ccc(OC)cc2)n1. The fraction of sp³-hybridized carbons (Fsp3) is 0.389. The van der Waals surface area contributed by atoms with Crippen molar-refractivity contribution in [2.24, 2.45) is 0 Å². The molecule has 0 spiro atoms. The summed E-state index contributed by atoms with van der Waals surface area (Å²) < 4.78 is 5.13. The van der Waals surface area contributed by atoms with Crippen LogP contribution in [-0.4, -0.2) is 36.1 Å². The van der Waals surface area contributed by atoms with Crippen molar-refractivity contribution in [1.29, 1.82) is 0 Å². The first-order chi connectivity index (χ1) is 11.6. The smallest absolute Gasteiger partial charge is 0.270 e. The number of nitrogens with zero attached hydrogens (tertiary/aromatic N) is 3. The number of methoxy groups -OCH3 is 1. The van der Waals surface area contributed by atoms with E-state index in [2.05, 4.69) is 15.3 Å². The van der Waals surface area contributed by atoms with Gasteiger partial charge in [-0.25, -0.2) is 9.97 Å². The second kappa shape index (κ2) is 8.29. The van der Waals surface area contributed by atoms with Crippen molar-refractivity contribution in [2.45, 2.75) is 27.3 Å². The van der Waals surface area contributed by atoms with Crippen molar-refractivity contribution >= 4 is 11.9 Å². The molecule has 2 aromatic rings. The Kier molecular flexibility index (Phi) is 6.12. The van der Waals surface area contributed by atoms with Gasteiger partial charge in [-0.2, -0.15) is 0 Å². The Morgan fingerprint density at radius 2 is 1.83 bits per heavy atom.